The number of benzene rings is 2. The topological polar surface area (TPSA) is 58.2 Å². The first kappa shape index (κ1) is 16.1. The molecule has 0 bridgehead atoms. The van der Waals surface area contributed by atoms with E-state index in [9.17, 15) is 9.59 Å². The summed E-state index contributed by atoms with van der Waals surface area (Å²) >= 11 is 4.94. The summed E-state index contributed by atoms with van der Waals surface area (Å²) < 4.78 is 0.998. The molecule has 118 valence electrons. The van der Waals surface area contributed by atoms with E-state index in [1.807, 2.05) is 38.1 Å². The van der Waals surface area contributed by atoms with Crippen molar-refractivity contribution in [2.45, 2.75) is 24.0 Å². The highest BCUT2D eigenvalue weighted by atomic mass is 79.9. The van der Waals surface area contributed by atoms with Crippen LogP contribution in [0.3, 0.4) is 0 Å². The van der Waals surface area contributed by atoms with Crippen LogP contribution in [0.25, 0.3) is 0 Å². The monoisotopic (exact) mass is 390 g/mol. The van der Waals surface area contributed by atoms with E-state index >= 15 is 0 Å². The lowest BCUT2D eigenvalue weighted by Gasteiger charge is -2.21. The van der Waals surface area contributed by atoms with Gasteiger partial charge in [0.1, 0.15) is 0 Å². The molecule has 1 atom stereocenters. The molecule has 2 aromatic rings. The molecule has 23 heavy (non-hydrogen) atoms. The fraction of sp³-hybridized carbons (Fsp3) is 0.176. The molecule has 0 fully saturated rings. The number of thioether (sulfide) groups is 1. The lowest BCUT2D eigenvalue weighted by Crippen LogP contribution is -2.26. The maximum Gasteiger partial charge on any atom is 0.255 e. The van der Waals surface area contributed by atoms with Crippen LogP contribution in [-0.4, -0.2) is 17.1 Å². The third kappa shape index (κ3) is 3.43. The Morgan fingerprint density at radius 3 is 2.78 bits per heavy atom. The molecule has 3 rings (SSSR count). The number of carbonyl (C=O) groups excluding carboxylic acids is 2. The maximum absolute atomic E-state index is 12.4. The number of rotatable bonds is 2. The zero-order valence-corrected chi connectivity index (χ0v) is 15.0. The van der Waals surface area contributed by atoms with Crippen LogP contribution in [0.4, 0.5) is 11.4 Å². The van der Waals surface area contributed by atoms with E-state index in [0.717, 1.165) is 20.6 Å². The van der Waals surface area contributed by atoms with Crippen molar-refractivity contribution in [3.63, 3.8) is 0 Å². The van der Waals surface area contributed by atoms with Gasteiger partial charge in [0.05, 0.1) is 10.9 Å². The number of hydrogen-bond donors (Lipinski definition) is 2. The van der Waals surface area contributed by atoms with Crippen LogP contribution < -0.4 is 10.6 Å². The Balaban J connectivity index is 1.81. The van der Waals surface area contributed by atoms with Crippen molar-refractivity contribution in [2.75, 3.05) is 10.6 Å². The Morgan fingerprint density at radius 1 is 1.26 bits per heavy atom. The molecule has 0 spiro atoms. The van der Waals surface area contributed by atoms with Crippen LogP contribution in [0, 0.1) is 6.92 Å². The molecule has 0 aliphatic carbocycles. The fourth-order valence-electron chi connectivity index (χ4n) is 2.28. The van der Waals surface area contributed by atoms with E-state index in [0.29, 0.717) is 11.3 Å². The minimum absolute atomic E-state index is 0.0383. The van der Waals surface area contributed by atoms with Crippen LogP contribution in [0.5, 0.6) is 0 Å². The molecule has 0 saturated carbocycles. The van der Waals surface area contributed by atoms with E-state index in [-0.39, 0.29) is 17.1 Å². The smallest absolute Gasteiger partial charge is 0.255 e. The van der Waals surface area contributed by atoms with Crippen molar-refractivity contribution < 1.29 is 9.59 Å². The van der Waals surface area contributed by atoms with Crippen LogP contribution in [0.1, 0.15) is 22.8 Å². The Bertz CT molecular complexity index is 807. The largest absolute Gasteiger partial charge is 0.324 e. The second-order valence-corrected chi connectivity index (χ2v) is 7.62. The van der Waals surface area contributed by atoms with Crippen LogP contribution in [-0.2, 0) is 4.79 Å². The average molecular weight is 391 g/mol. The predicted octanol–water partition coefficient (Wildman–Crippen LogP) is 4.44. The molecule has 0 saturated heterocycles. The third-order valence-corrected chi connectivity index (χ3v) is 5.66. The van der Waals surface area contributed by atoms with Crippen LogP contribution >= 0.6 is 27.7 Å². The van der Waals surface area contributed by atoms with Gasteiger partial charge in [0.25, 0.3) is 5.91 Å². The highest BCUT2D eigenvalue weighted by Gasteiger charge is 2.23. The van der Waals surface area contributed by atoms with Crippen molar-refractivity contribution in [1.29, 1.82) is 0 Å². The number of carbonyl (C=O) groups is 2. The van der Waals surface area contributed by atoms with Gasteiger partial charge in [-0.3, -0.25) is 9.59 Å². The number of aryl methyl sites for hydroxylation is 1. The zero-order valence-electron chi connectivity index (χ0n) is 12.6. The molecule has 4 nitrogen and oxygen atoms in total. The molecule has 1 heterocycles. The predicted molar refractivity (Wildman–Crippen MR) is 97.2 cm³/mol. The number of nitrogens with one attached hydrogen (secondary N) is 2. The Morgan fingerprint density at radius 2 is 2.04 bits per heavy atom. The number of hydrogen-bond acceptors (Lipinski definition) is 3. The summed E-state index contributed by atoms with van der Waals surface area (Å²) in [5.74, 6) is -0.240. The minimum atomic E-state index is -0.201. The van der Waals surface area contributed by atoms with Crippen LogP contribution in [0.15, 0.2) is 45.8 Å². The molecule has 0 unspecified atom stereocenters. The summed E-state index contributed by atoms with van der Waals surface area (Å²) in [5.41, 5.74) is 2.99. The van der Waals surface area contributed by atoms with Gasteiger partial charge in [-0.15, -0.1) is 11.8 Å². The molecular weight excluding hydrogens is 376 g/mol. The first-order valence-corrected chi connectivity index (χ1v) is 8.80. The van der Waals surface area contributed by atoms with E-state index in [1.54, 1.807) is 12.1 Å². The average Bonchev–Trinajstić information content (AvgIpc) is 2.51. The molecular formula is C17H15BrN2O2S. The summed E-state index contributed by atoms with van der Waals surface area (Å²) in [6, 6.07) is 11.0. The SMILES string of the molecule is Cc1cc(NC(=O)c2ccc3c(c2)NC(=O)[C@@H](C)S3)ccc1Br. The van der Waals surface area contributed by atoms with Crippen molar-refractivity contribution in [3.05, 3.63) is 52.0 Å². The van der Waals surface area contributed by atoms with E-state index in [2.05, 4.69) is 26.6 Å². The Kier molecular flexibility index (Phi) is 4.46. The van der Waals surface area contributed by atoms with E-state index < -0.39 is 0 Å². The number of amides is 2. The zero-order chi connectivity index (χ0) is 16.6. The van der Waals surface area contributed by atoms with Gasteiger partial charge in [-0.05, 0) is 55.8 Å². The van der Waals surface area contributed by atoms with Gasteiger partial charge in [-0.2, -0.15) is 0 Å². The van der Waals surface area contributed by atoms with Crippen molar-refractivity contribution in [1.82, 2.24) is 0 Å². The van der Waals surface area contributed by atoms with Gasteiger partial charge in [-0.25, -0.2) is 0 Å². The van der Waals surface area contributed by atoms with Gasteiger partial charge in [-0.1, -0.05) is 15.9 Å². The van der Waals surface area contributed by atoms with E-state index in [1.165, 1.54) is 11.8 Å². The lowest BCUT2D eigenvalue weighted by atomic mass is 10.1. The van der Waals surface area contributed by atoms with Gasteiger partial charge in [0.2, 0.25) is 5.91 Å². The van der Waals surface area contributed by atoms with Crippen LogP contribution in [0.2, 0.25) is 0 Å². The summed E-state index contributed by atoms with van der Waals surface area (Å²) in [6.45, 7) is 3.83. The van der Waals surface area contributed by atoms with E-state index in [4.69, 9.17) is 0 Å². The molecule has 0 aromatic heterocycles. The van der Waals surface area contributed by atoms with Gasteiger partial charge < -0.3 is 10.6 Å². The number of anilines is 2. The van der Waals surface area contributed by atoms with Gasteiger partial charge in [0, 0.05) is 20.6 Å². The molecule has 1 aliphatic rings. The summed E-state index contributed by atoms with van der Waals surface area (Å²) in [5, 5.41) is 5.60. The van der Waals surface area contributed by atoms with Gasteiger partial charge in [0.15, 0.2) is 0 Å². The molecule has 1 aliphatic heterocycles. The second kappa shape index (κ2) is 6.37. The second-order valence-electron chi connectivity index (χ2n) is 5.38. The highest BCUT2D eigenvalue weighted by molar-refractivity contribution is 9.10. The summed E-state index contributed by atoms with van der Waals surface area (Å²) in [6.07, 6.45) is 0. The maximum atomic E-state index is 12.4. The first-order chi connectivity index (χ1) is 10.9. The Labute approximate surface area is 147 Å². The molecule has 2 aromatic carbocycles. The molecule has 2 N–H and O–H groups in total. The van der Waals surface area contributed by atoms with Crippen molar-refractivity contribution in [3.8, 4) is 0 Å². The quantitative estimate of drug-likeness (QED) is 0.796. The van der Waals surface area contributed by atoms with Crippen molar-refractivity contribution >= 4 is 50.9 Å². The van der Waals surface area contributed by atoms with Crippen molar-refractivity contribution in [2.24, 2.45) is 0 Å². The fourth-order valence-corrected chi connectivity index (χ4v) is 3.45. The number of halogens is 1. The summed E-state index contributed by atoms with van der Waals surface area (Å²) in [7, 11) is 0. The normalized spacial score (nSPS) is 16.5. The lowest BCUT2D eigenvalue weighted by molar-refractivity contribution is -0.115. The standard InChI is InChI=1S/C17H15BrN2O2S/c1-9-7-12(4-5-13(9)18)19-17(22)11-3-6-15-14(8-11)20-16(21)10(2)23-15/h3-8,10H,1-2H3,(H,19,22)(H,20,21)/t10-/m1/s1. The summed E-state index contributed by atoms with van der Waals surface area (Å²) in [4.78, 5) is 25.1. The molecule has 0 radical (unpaired) electrons. The molecule has 2 amide bonds. The molecule has 6 heteroatoms. The highest BCUT2D eigenvalue weighted by Crippen LogP contribution is 2.36. The first-order valence-electron chi connectivity index (χ1n) is 7.13. The Hall–Kier alpha value is -1.79. The number of fused-ring (bicyclic) bond motifs is 1. The van der Waals surface area contributed by atoms with Gasteiger partial charge >= 0.3 is 0 Å². The third-order valence-electron chi connectivity index (χ3n) is 3.59. The minimum Gasteiger partial charge on any atom is -0.324 e.